The lowest BCUT2D eigenvalue weighted by Crippen LogP contribution is -2.36. The van der Waals surface area contributed by atoms with Crippen molar-refractivity contribution in [3.8, 4) is 11.5 Å². The molecule has 0 saturated heterocycles. The molecule has 2 N–H and O–H groups in total. The zero-order valence-electron chi connectivity index (χ0n) is 12.8. The van der Waals surface area contributed by atoms with Gasteiger partial charge in [0, 0.05) is 13.6 Å². The molecule has 1 aliphatic heterocycles. The van der Waals surface area contributed by atoms with E-state index in [2.05, 4.69) is 25.8 Å². The molecule has 1 aromatic carbocycles. The van der Waals surface area contributed by atoms with E-state index in [9.17, 15) is 0 Å². The molecule has 0 bridgehead atoms. The maximum absolute atomic E-state index is 5.36. The summed E-state index contributed by atoms with van der Waals surface area (Å²) < 4.78 is 15.7. The van der Waals surface area contributed by atoms with E-state index in [1.807, 2.05) is 18.2 Å². The molecule has 124 valence electrons. The summed E-state index contributed by atoms with van der Waals surface area (Å²) in [5.74, 6) is 3.32. The Morgan fingerprint density at radius 2 is 2.00 bits per heavy atom. The molecule has 2 heterocycles. The highest BCUT2D eigenvalue weighted by atomic mass is 127. The third-order valence-corrected chi connectivity index (χ3v) is 3.10. The van der Waals surface area contributed by atoms with Crippen molar-refractivity contribution in [3.05, 3.63) is 35.5 Å². The molecule has 8 nitrogen and oxygen atoms in total. The first-order valence-electron chi connectivity index (χ1n) is 6.87. The number of aliphatic imine (C=N–C) groups is 1. The summed E-state index contributed by atoms with van der Waals surface area (Å²) in [5.41, 5.74) is 1.07. The Morgan fingerprint density at radius 3 is 2.74 bits per heavy atom. The first-order chi connectivity index (χ1) is 10.7. The van der Waals surface area contributed by atoms with E-state index in [1.165, 1.54) is 0 Å². The van der Waals surface area contributed by atoms with E-state index in [4.69, 9.17) is 14.0 Å². The smallest absolute Gasteiger partial charge is 0.246 e. The fourth-order valence-electron chi connectivity index (χ4n) is 2.03. The fourth-order valence-corrected chi connectivity index (χ4v) is 2.03. The van der Waals surface area contributed by atoms with Crippen LogP contribution in [0.1, 0.15) is 17.3 Å². The number of guanidine groups is 1. The van der Waals surface area contributed by atoms with Crippen LogP contribution in [-0.2, 0) is 13.1 Å². The number of rotatable bonds is 4. The van der Waals surface area contributed by atoms with Gasteiger partial charge in [0.2, 0.25) is 12.7 Å². The van der Waals surface area contributed by atoms with Gasteiger partial charge in [-0.3, -0.25) is 4.99 Å². The average molecular weight is 431 g/mol. The van der Waals surface area contributed by atoms with Crippen LogP contribution in [0.25, 0.3) is 0 Å². The number of halogens is 1. The van der Waals surface area contributed by atoms with Gasteiger partial charge in [-0.05, 0) is 24.6 Å². The van der Waals surface area contributed by atoms with Crippen molar-refractivity contribution >= 4 is 29.9 Å². The van der Waals surface area contributed by atoms with E-state index in [-0.39, 0.29) is 30.8 Å². The Kier molecular flexibility index (Phi) is 6.02. The number of aromatic nitrogens is 2. The van der Waals surface area contributed by atoms with Gasteiger partial charge in [0.15, 0.2) is 23.3 Å². The summed E-state index contributed by atoms with van der Waals surface area (Å²) in [7, 11) is 1.70. The van der Waals surface area contributed by atoms with Gasteiger partial charge < -0.3 is 24.6 Å². The Bertz CT molecular complexity index is 689. The molecule has 3 rings (SSSR count). The normalized spacial score (nSPS) is 12.7. The summed E-state index contributed by atoms with van der Waals surface area (Å²) in [5, 5.41) is 10.1. The van der Waals surface area contributed by atoms with E-state index < -0.39 is 0 Å². The first kappa shape index (κ1) is 17.3. The van der Waals surface area contributed by atoms with Crippen molar-refractivity contribution in [3.63, 3.8) is 0 Å². The minimum Gasteiger partial charge on any atom is -0.454 e. The van der Waals surface area contributed by atoms with Crippen LogP contribution >= 0.6 is 24.0 Å². The van der Waals surface area contributed by atoms with Gasteiger partial charge in [-0.2, -0.15) is 4.98 Å². The molecule has 0 saturated carbocycles. The van der Waals surface area contributed by atoms with Crippen molar-refractivity contribution in [2.75, 3.05) is 13.8 Å². The largest absolute Gasteiger partial charge is 0.454 e. The molecule has 2 aromatic rings. The molecule has 1 aliphatic rings. The van der Waals surface area contributed by atoms with Gasteiger partial charge in [0.1, 0.15) is 0 Å². The van der Waals surface area contributed by atoms with Gasteiger partial charge in [0.25, 0.3) is 0 Å². The molecule has 0 aliphatic carbocycles. The maximum Gasteiger partial charge on any atom is 0.246 e. The summed E-state index contributed by atoms with van der Waals surface area (Å²) >= 11 is 0. The first-order valence-corrected chi connectivity index (χ1v) is 6.87. The van der Waals surface area contributed by atoms with E-state index >= 15 is 0 Å². The van der Waals surface area contributed by atoms with Crippen molar-refractivity contribution in [2.24, 2.45) is 4.99 Å². The molecule has 0 atom stereocenters. The van der Waals surface area contributed by atoms with E-state index in [1.54, 1.807) is 14.0 Å². The van der Waals surface area contributed by atoms with Crippen molar-refractivity contribution in [2.45, 2.75) is 20.0 Å². The molecular weight excluding hydrogens is 413 g/mol. The Morgan fingerprint density at radius 1 is 1.22 bits per heavy atom. The number of aryl methyl sites for hydroxylation is 1. The lowest BCUT2D eigenvalue weighted by atomic mass is 10.2. The van der Waals surface area contributed by atoms with Crippen LogP contribution in [0.15, 0.2) is 27.7 Å². The topological polar surface area (TPSA) is 93.8 Å². The number of nitrogens with one attached hydrogen (secondary N) is 2. The lowest BCUT2D eigenvalue weighted by molar-refractivity contribution is 0.174. The summed E-state index contributed by atoms with van der Waals surface area (Å²) in [6.07, 6.45) is 0. The second-order valence-corrected chi connectivity index (χ2v) is 4.70. The van der Waals surface area contributed by atoms with Crippen LogP contribution in [0.2, 0.25) is 0 Å². The zero-order chi connectivity index (χ0) is 15.4. The highest BCUT2D eigenvalue weighted by Crippen LogP contribution is 2.32. The summed E-state index contributed by atoms with van der Waals surface area (Å²) in [4.78, 5) is 8.27. The third-order valence-electron chi connectivity index (χ3n) is 3.10. The Labute approximate surface area is 150 Å². The molecular formula is C14H18IN5O3. The highest BCUT2D eigenvalue weighted by Gasteiger charge is 2.13. The lowest BCUT2D eigenvalue weighted by Gasteiger charge is -2.10. The molecule has 9 heteroatoms. The molecule has 0 fully saturated rings. The van der Waals surface area contributed by atoms with Gasteiger partial charge in [-0.1, -0.05) is 11.2 Å². The molecule has 0 spiro atoms. The summed E-state index contributed by atoms with van der Waals surface area (Å²) in [6.45, 7) is 3.08. The Balaban J connectivity index is 0.00000192. The maximum atomic E-state index is 5.36. The highest BCUT2D eigenvalue weighted by molar-refractivity contribution is 14.0. The number of fused-ring (bicyclic) bond motifs is 1. The number of benzene rings is 1. The number of hydrogen-bond donors (Lipinski definition) is 2. The number of ether oxygens (including phenoxy) is 2. The SMILES string of the molecule is CN=C(NCc1ccc2c(c1)OCO2)NCc1nc(C)no1.I. The summed E-state index contributed by atoms with van der Waals surface area (Å²) in [6, 6.07) is 5.83. The van der Waals surface area contributed by atoms with Gasteiger partial charge in [-0.25, -0.2) is 0 Å². The minimum atomic E-state index is 0. The van der Waals surface area contributed by atoms with Crippen LogP contribution in [-0.4, -0.2) is 29.9 Å². The molecule has 23 heavy (non-hydrogen) atoms. The molecule has 0 radical (unpaired) electrons. The molecule has 0 unspecified atom stereocenters. The van der Waals surface area contributed by atoms with Crippen LogP contribution < -0.4 is 20.1 Å². The van der Waals surface area contributed by atoms with Crippen molar-refractivity contribution in [1.82, 2.24) is 20.8 Å². The van der Waals surface area contributed by atoms with E-state index in [0.717, 1.165) is 17.1 Å². The Hall–Kier alpha value is -2.04. The number of nitrogens with zero attached hydrogens (tertiary/aromatic N) is 3. The number of hydrogen-bond acceptors (Lipinski definition) is 6. The van der Waals surface area contributed by atoms with Crippen molar-refractivity contribution < 1.29 is 14.0 Å². The predicted molar refractivity (Wildman–Crippen MR) is 94.1 cm³/mol. The predicted octanol–water partition coefficient (Wildman–Crippen LogP) is 1.59. The van der Waals surface area contributed by atoms with E-state index in [0.29, 0.717) is 30.8 Å². The fraction of sp³-hybridized carbons (Fsp3) is 0.357. The monoisotopic (exact) mass is 431 g/mol. The quantitative estimate of drug-likeness (QED) is 0.432. The zero-order valence-corrected chi connectivity index (χ0v) is 15.2. The average Bonchev–Trinajstić information content (AvgIpc) is 3.15. The van der Waals surface area contributed by atoms with Crippen LogP contribution in [0.3, 0.4) is 0 Å². The van der Waals surface area contributed by atoms with Crippen molar-refractivity contribution in [1.29, 1.82) is 0 Å². The van der Waals surface area contributed by atoms with Crippen LogP contribution in [0, 0.1) is 6.92 Å². The molecule has 0 amide bonds. The third kappa shape index (κ3) is 4.47. The van der Waals surface area contributed by atoms with Gasteiger partial charge >= 0.3 is 0 Å². The minimum absolute atomic E-state index is 0. The van der Waals surface area contributed by atoms with Gasteiger partial charge in [-0.15, -0.1) is 24.0 Å². The second kappa shape index (κ2) is 7.99. The van der Waals surface area contributed by atoms with Gasteiger partial charge in [0.05, 0.1) is 6.54 Å². The second-order valence-electron chi connectivity index (χ2n) is 4.70. The van der Waals surface area contributed by atoms with Crippen LogP contribution in [0.4, 0.5) is 0 Å². The molecule has 1 aromatic heterocycles. The standard InChI is InChI=1S/C14H17N5O3.HI/c1-9-18-13(22-19-9)7-17-14(15-2)16-6-10-3-4-11-12(5-10)21-8-20-11;/h3-5H,6-8H2,1-2H3,(H2,15,16,17);1H. The van der Waals surface area contributed by atoms with Crippen LogP contribution in [0.5, 0.6) is 11.5 Å².